The predicted molar refractivity (Wildman–Crippen MR) is 75.1 cm³/mol. The molecule has 1 fully saturated rings. The lowest BCUT2D eigenvalue weighted by Gasteiger charge is -2.30. The molecule has 3 N–H and O–H groups in total. The maximum Gasteiger partial charge on any atom is 0.253 e. The summed E-state index contributed by atoms with van der Waals surface area (Å²) in [6.45, 7) is 2.03. The number of aromatic amines is 1. The maximum atomic E-state index is 12.2. The Morgan fingerprint density at radius 1 is 1.47 bits per heavy atom. The molecule has 1 aliphatic rings. The Balaban J connectivity index is 1.99. The second-order valence-electron chi connectivity index (χ2n) is 5.51. The third kappa shape index (κ3) is 3.60. The minimum atomic E-state index is -0.0252. The zero-order valence-electron chi connectivity index (χ0n) is 11.6. The second-order valence-corrected chi connectivity index (χ2v) is 5.51. The molecular weight excluding hydrogens is 240 g/mol. The van der Waals surface area contributed by atoms with E-state index in [1.165, 1.54) is 19.3 Å². The Hall–Kier alpha value is -1.29. The molecular formula is C15H24N2O2. The average molecular weight is 264 g/mol. The van der Waals surface area contributed by atoms with Crippen LogP contribution in [0, 0.1) is 12.8 Å². The highest BCUT2D eigenvalue weighted by Crippen LogP contribution is 2.28. The predicted octanol–water partition coefficient (Wildman–Crippen LogP) is 2.38. The standard InChI is InChI=1S/C15H24N2O2/c1-11-13(7-9-16-11)15(19)17-14(8-10-18)12-5-3-2-4-6-12/h7,9,12,14,16,18H,2-6,8,10H2,1H3,(H,17,19). The van der Waals surface area contributed by atoms with Crippen molar-refractivity contribution in [3.8, 4) is 0 Å². The zero-order valence-corrected chi connectivity index (χ0v) is 11.6. The van der Waals surface area contributed by atoms with E-state index >= 15 is 0 Å². The molecule has 1 aromatic heterocycles. The molecule has 2 rings (SSSR count). The van der Waals surface area contributed by atoms with E-state index in [-0.39, 0.29) is 18.6 Å². The number of aliphatic hydroxyl groups is 1. The molecule has 1 atom stereocenters. The fourth-order valence-electron chi connectivity index (χ4n) is 3.05. The van der Waals surface area contributed by atoms with Gasteiger partial charge < -0.3 is 15.4 Å². The first-order valence-corrected chi connectivity index (χ1v) is 7.28. The van der Waals surface area contributed by atoms with Crippen molar-refractivity contribution in [3.63, 3.8) is 0 Å². The van der Waals surface area contributed by atoms with Crippen molar-refractivity contribution >= 4 is 5.91 Å². The molecule has 4 nitrogen and oxygen atoms in total. The van der Waals surface area contributed by atoms with Crippen molar-refractivity contribution in [1.82, 2.24) is 10.3 Å². The van der Waals surface area contributed by atoms with E-state index < -0.39 is 0 Å². The van der Waals surface area contributed by atoms with Crippen LogP contribution in [0.15, 0.2) is 12.3 Å². The van der Waals surface area contributed by atoms with Gasteiger partial charge in [-0.05, 0) is 38.2 Å². The number of aryl methyl sites for hydroxylation is 1. The first-order valence-electron chi connectivity index (χ1n) is 7.28. The molecule has 1 unspecified atom stereocenters. The molecule has 4 heteroatoms. The molecule has 1 aliphatic carbocycles. The molecule has 0 aliphatic heterocycles. The van der Waals surface area contributed by atoms with Crippen LogP contribution in [0.25, 0.3) is 0 Å². The highest BCUT2D eigenvalue weighted by atomic mass is 16.3. The van der Waals surface area contributed by atoms with E-state index in [1.54, 1.807) is 6.20 Å². The maximum absolute atomic E-state index is 12.2. The molecule has 0 aromatic carbocycles. The number of nitrogens with one attached hydrogen (secondary N) is 2. The third-order valence-corrected chi connectivity index (χ3v) is 4.17. The van der Waals surface area contributed by atoms with Crippen molar-refractivity contribution in [2.75, 3.05) is 6.61 Å². The van der Waals surface area contributed by atoms with Gasteiger partial charge in [-0.2, -0.15) is 0 Å². The van der Waals surface area contributed by atoms with Gasteiger partial charge in [0.1, 0.15) is 0 Å². The van der Waals surface area contributed by atoms with E-state index in [9.17, 15) is 9.90 Å². The molecule has 1 aromatic rings. The molecule has 0 bridgehead atoms. The number of amides is 1. The monoisotopic (exact) mass is 264 g/mol. The summed E-state index contributed by atoms with van der Waals surface area (Å²) < 4.78 is 0. The largest absolute Gasteiger partial charge is 0.396 e. The Bertz CT molecular complexity index is 408. The fourth-order valence-corrected chi connectivity index (χ4v) is 3.05. The molecule has 1 saturated carbocycles. The second kappa shape index (κ2) is 6.75. The van der Waals surface area contributed by atoms with Gasteiger partial charge in [-0.3, -0.25) is 4.79 Å². The topological polar surface area (TPSA) is 65.1 Å². The number of carbonyl (C=O) groups is 1. The van der Waals surface area contributed by atoms with E-state index in [1.807, 2.05) is 13.0 Å². The Labute approximate surface area is 114 Å². The molecule has 1 heterocycles. The van der Waals surface area contributed by atoms with Gasteiger partial charge in [0, 0.05) is 24.5 Å². The number of hydrogen-bond donors (Lipinski definition) is 3. The Morgan fingerprint density at radius 2 is 2.21 bits per heavy atom. The van der Waals surface area contributed by atoms with Crippen molar-refractivity contribution in [1.29, 1.82) is 0 Å². The average Bonchev–Trinajstić information content (AvgIpc) is 2.85. The number of aliphatic hydroxyl groups excluding tert-OH is 1. The first-order chi connectivity index (χ1) is 9.22. The van der Waals surface area contributed by atoms with Crippen molar-refractivity contribution < 1.29 is 9.90 Å². The lowest BCUT2D eigenvalue weighted by Crippen LogP contribution is -2.41. The van der Waals surface area contributed by atoms with E-state index in [0.717, 1.165) is 18.5 Å². The molecule has 0 radical (unpaired) electrons. The SMILES string of the molecule is Cc1[nH]ccc1C(=O)NC(CCO)C1CCCCC1. The van der Waals surface area contributed by atoms with Crippen LogP contribution in [0.1, 0.15) is 54.6 Å². The van der Waals surface area contributed by atoms with Gasteiger partial charge in [-0.25, -0.2) is 0 Å². The smallest absolute Gasteiger partial charge is 0.253 e. The summed E-state index contributed by atoms with van der Waals surface area (Å²) in [6.07, 6.45) is 8.55. The molecule has 19 heavy (non-hydrogen) atoms. The van der Waals surface area contributed by atoms with Crippen LogP contribution in [0.3, 0.4) is 0 Å². The van der Waals surface area contributed by atoms with Crippen molar-refractivity contribution in [2.45, 2.75) is 51.5 Å². The highest BCUT2D eigenvalue weighted by Gasteiger charge is 2.25. The summed E-state index contributed by atoms with van der Waals surface area (Å²) in [5.74, 6) is 0.492. The molecule has 0 saturated heterocycles. The van der Waals surface area contributed by atoms with Gasteiger partial charge in [-0.15, -0.1) is 0 Å². The van der Waals surface area contributed by atoms with Crippen LogP contribution in [-0.2, 0) is 0 Å². The Kier molecular flexibility index (Phi) is 5.02. The summed E-state index contributed by atoms with van der Waals surface area (Å²) in [6, 6.07) is 1.91. The summed E-state index contributed by atoms with van der Waals surface area (Å²) in [5, 5.41) is 12.3. The minimum Gasteiger partial charge on any atom is -0.396 e. The fraction of sp³-hybridized carbons (Fsp3) is 0.667. The van der Waals surface area contributed by atoms with Crippen LogP contribution in [-0.4, -0.2) is 28.6 Å². The summed E-state index contributed by atoms with van der Waals surface area (Å²) in [4.78, 5) is 15.3. The number of aromatic nitrogens is 1. The van der Waals surface area contributed by atoms with Crippen LogP contribution < -0.4 is 5.32 Å². The molecule has 0 spiro atoms. The lowest BCUT2D eigenvalue weighted by molar-refractivity contribution is 0.0899. The number of hydrogen-bond acceptors (Lipinski definition) is 2. The summed E-state index contributed by atoms with van der Waals surface area (Å²) in [5.41, 5.74) is 1.60. The van der Waals surface area contributed by atoms with Gasteiger partial charge in [0.25, 0.3) is 5.91 Å². The van der Waals surface area contributed by atoms with Gasteiger partial charge in [0.2, 0.25) is 0 Å². The lowest BCUT2D eigenvalue weighted by atomic mass is 9.82. The van der Waals surface area contributed by atoms with E-state index in [2.05, 4.69) is 10.3 Å². The third-order valence-electron chi connectivity index (χ3n) is 4.17. The van der Waals surface area contributed by atoms with Crippen LogP contribution in [0.5, 0.6) is 0 Å². The molecule has 1 amide bonds. The minimum absolute atomic E-state index is 0.0252. The van der Waals surface area contributed by atoms with Gasteiger partial charge in [0.05, 0.1) is 5.56 Å². The van der Waals surface area contributed by atoms with Crippen LogP contribution in [0.4, 0.5) is 0 Å². The molecule has 106 valence electrons. The van der Waals surface area contributed by atoms with Crippen LogP contribution in [0.2, 0.25) is 0 Å². The van der Waals surface area contributed by atoms with Crippen LogP contribution >= 0.6 is 0 Å². The quantitative estimate of drug-likeness (QED) is 0.764. The van der Waals surface area contributed by atoms with Gasteiger partial charge >= 0.3 is 0 Å². The Morgan fingerprint density at radius 3 is 2.79 bits per heavy atom. The van der Waals surface area contributed by atoms with E-state index in [4.69, 9.17) is 0 Å². The zero-order chi connectivity index (χ0) is 13.7. The van der Waals surface area contributed by atoms with Crippen molar-refractivity contribution in [3.05, 3.63) is 23.5 Å². The number of rotatable bonds is 5. The van der Waals surface area contributed by atoms with E-state index in [0.29, 0.717) is 17.9 Å². The summed E-state index contributed by atoms with van der Waals surface area (Å²) >= 11 is 0. The first kappa shape index (κ1) is 14.1. The van der Waals surface area contributed by atoms with Gasteiger partial charge in [-0.1, -0.05) is 19.3 Å². The number of H-pyrrole nitrogens is 1. The van der Waals surface area contributed by atoms with Crippen molar-refractivity contribution in [2.24, 2.45) is 5.92 Å². The normalized spacial score (nSPS) is 18.2. The highest BCUT2D eigenvalue weighted by molar-refractivity contribution is 5.95. The summed E-state index contributed by atoms with van der Waals surface area (Å²) in [7, 11) is 0. The number of carbonyl (C=O) groups excluding carboxylic acids is 1. The van der Waals surface area contributed by atoms with Gasteiger partial charge in [0.15, 0.2) is 0 Å².